The van der Waals surface area contributed by atoms with Crippen LogP contribution in [-0.4, -0.2) is 25.8 Å². The van der Waals surface area contributed by atoms with Crippen molar-refractivity contribution in [2.75, 3.05) is 7.05 Å². The summed E-state index contributed by atoms with van der Waals surface area (Å²) in [6, 6.07) is -0.119. The molecule has 0 aromatic carbocycles. The van der Waals surface area contributed by atoms with E-state index in [1.54, 1.807) is 0 Å². The molecule has 0 fully saturated rings. The summed E-state index contributed by atoms with van der Waals surface area (Å²) < 4.78 is 21.7. The van der Waals surface area contributed by atoms with E-state index < -0.39 is 10.9 Å². The van der Waals surface area contributed by atoms with Crippen LogP contribution in [-0.2, 0) is 10.9 Å². The molecule has 0 saturated heterocycles. The summed E-state index contributed by atoms with van der Waals surface area (Å²) in [7, 11) is -0.915. The summed E-state index contributed by atoms with van der Waals surface area (Å²) in [6.45, 7) is 5.52. The molecule has 0 saturated carbocycles. The van der Waals surface area contributed by atoms with E-state index in [1.165, 1.54) is 11.4 Å². The molecule has 0 aliphatic heterocycles. The van der Waals surface area contributed by atoms with Gasteiger partial charge in [0.25, 0.3) is 0 Å². The van der Waals surface area contributed by atoms with Gasteiger partial charge in [0, 0.05) is 13.1 Å². The highest BCUT2D eigenvalue weighted by Crippen LogP contribution is 1.97. The SMILES string of the molecule is [CH2]C(CC)N(C)[SH](=O)=O. The number of hydrogen-bond acceptors (Lipinski definition) is 2. The van der Waals surface area contributed by atoms with Gasteiger partial charge in [0.2, 0.25) is 10.9 Å². The summed E-state index contributed by atoms with van der Waals surface area (Å²) in [4.78, 5) is 0. The molecule has 0 N–H and O–H groups in total. The number of nitrogens with zero attached hydrogens (tertiary/aromatic N) is 1. The Morgan fingerprint density at radius 2 is 2.11 bits per heavy atom. The Bertz CT molecular complexity index is 136. The standard InChI is InChI=1S/C5H12NO2S/c1-4-5(2)6(3)9(7)8/h5,9H,2,4H2,1,3H3. The first-order valence-corrected chi connectivity index (χ1v) is 3.92. The lowest BCUT2D eigenvalue weighted by molar-refractivity contribution is 0.421. The van der Waals surface area contributed by atoms with Gasteiger partial charge in [-0.1, -0.05) is 6.92 Å². The van der Waals surface area contributed by atoms with Crippen LogP contribution < -0.4 is 0 Å². The Kier molecular flexibility index (Phi) is 3.81. The van der Waals surface area contributed by atoms with Gasteiger partial charge in [-0.05, 0) is 13.3 Å². The van der Waals surface area contributed by atoms with Gasteiger partial charge < -0.3 is 0 Å². The van der Waals surface area contributed by atoms with Crippen molar-refractivity contribution in [1.29, 1.82) is 0 Å². The van der Waals surface area contributed by atoms with E-state index in [2.05, 4.69) is 6.92 Å². The molecule has 0 aromatic rings. The van der Waals surface area contributed by atoms with Crippen molar-refractivity contribution in [3.05, 3.63) is 6.92 Å². The molecule has 0 amide bonds. The molecule has 0 aliphatic carbocycles. The Morgan fingerprint density at radius 1 is 1.67 bits per heavy atom. The van der Waals surface area contributed by atoms with Gasteiger partial charge in [0.05, 0.1) is 0 Å². The molecule has 0 spiro atoms. The highest BCUT2D eigenvalue weighted by atomic mass is 32.2. The van der Waals surface area contributed by atoms with E-state index in [0.717, 1.165) is 6.42 Å². The molecule has 3 nitrogen and oxygen atoms in total. The van der Waals surface area contributed by atoms with E-state index >= 15 is 0 Å². The first-order valence-electron chi connectivity index (χ1n) is 2.79. The van der Waals surface area contributed by atoms with Crippen molar-refractivity contribution in [3.8, 4) is 0 Å². The van der Waals surface area contributed by atoms with Gasteiger partial charge in [-0.3, -0.25) is 0 Å². The zero-order valence-electron chi connectivity index (χ0n) is 5.70. The molecule has 0 bridgehead atoms. The van der Waals surface area contributed by atoms with Crippen LogP contribution in [0.15, 0.2) is 0 Å². The molecule has 9 heavy (non-hydrogen) atoms. The average molecular weight is 150 g/mol. The van der Waals surface area contributed by atoms with Crippen LogP contribution in [0.4, 0.5) is 0 Å². The molecule has 0 rings (SSSR count). The minimum atomic E-state index is -2.44. The summed E-state index contributed by atoms with van der Waals surface area (Å²) in [5, 5.41) is 0. The second-order valence-corrected chi connectivity index (χ2v) is 2.98. The van der Waals surface area contributed by atoms with E-state index in [9.17, 15) is 8.42 Å². The first kappa shape index (κ1) is 8.91. The molecule has 4 heteroatoms. The van der Waals surface area contributed by atoms with E-state index in [0.29, 0.717) is 0 Å². The molecular formula is C5H12NO2S. The Labute approximate surface area is 57.8 Å². The van der Waals surface area contributed by atoms with Crippen molar-refractivity contribution in [3.63, 3.8) is 0 Å². The van der Waals surface area contributed by atoms with Crippen LogP contribution in [0.25, 0.3) is 0 Å². The van der Waals surface area contributed by atoms with Crippen molar-refractivity contribution in [2.45, 2.75) is 19.4 Å². The average Bonchev–Trinajstić information content (AvgIpc) is 1.84. The summed E-state index contributed by atoms with van der Waals surface area (Å²) in [6.07, 6.45) is 0.750. The predicted octanol–water partition coefficient (Wildman–Crippen LogP) is 0.0573. The highest BCUT2D eigenvalue weighted by molar-refractivity contribution is 7.69. The smallest absolute Gasteiger partial charge is 0.203 e. The molecule has 1 atom stereocenters. The maximum absolute atomic E-state index is 10.2. The zero-order valence-corrected chi connectivity index (χ0v) is 6.60. The van der Waals surface area contributed by atoms with Gasteiger partial charge in [0.1, 0.15) is 0 Å². The fourth-order valence-corrected chi connectivity index (χ4v) is 0.828. The minimum absolute atomic E-state index is 0.119. The van der Waals surface area contributed by atoms with E-state index in [-0.39, 0.29) is 6.04 Å². The molecule has 0 aromatic heterocycles. The summed E-state index contributed by atoms with van der Waals surface area (Å²) in [5.74, 6) is 0. The van der Waals surface area contributed by atoms with Crippen molar-refractivity contribution in [1.82, 2.24) is 4.31 Å². The zero-order chi connectivity index (χ0) is 7.44. The van der Waals surface area contributed by atoms with Crippen molar-refractivity contribution >= 4 is 10.9 Å². The van der Waals surface area contributed by atoms with E-state index in [1.807, 2.05) is 6.92 Å². The molecular weight excluding hydrogens is 138 g/mol. The Morgan fingerprint density at radius 3 is 2.22 bits per heavy atom. The lowest BCUT2D eigenvalue weighted by atomic mass is 10.3. The molecule has 1 unspecified atom stereocenters. The second kappa shape index (κ2) is 3.85. The fraction of sp³-hybridized carbons (Fsp3) is 0.800. The second-order valence-electron chi connectivity index (χ2n) is 1.87. The van der Waals surface area contributed by atoms with Crippen LogP contribution in [0.2, 0.25) is 0 Å². The largest absolute Gasteiger partial charge is 0.215 e. The monoisotopic (exact) mass is 150 g/mol. The van der Waals surface area contributed by atoms with Crippen LogP contribution in [0.3, 0.4) is 0 Å². The third-order valence-corrected chi connectivity index (χ3v) is 2.10. The maximum atomic E-state index is 10.2. The van der Waals surface area contributed by atoms with E-state index in [4.69, 9.17) is 0 Å². The van der Waals surface area contributed by atoms with Crippen LogP contribution in [0, 0.1) is 6.92 Å². The van der Waals surface area contributed by atoms with Gasteiger partial charge in [-0.15, -0.1) is 0 Å². The van der Waals surface area contributed by atoms with Gasteiger partial charge in [-0.25, -0.2) is 12.7 Å². The molecule has 55 valence electrons. The first-order chi connectivity index (χ1) is 4.09. The number of rotatable bonds is 3. The minimum Gasteiger partial charge on any atom is -0.215 e. The van der Waals surface area contributed by atoms with Gasteiger partial charge in [0.15, 0.2) is 0 Å². The lowest BCUT2D eigenvalue weighted by Crippen LogP contribution is -2.26. The highest BCUT2D eigenvalue weighted by Gasteiger charge is 2.06. The topological polar surface area (TPSA) is 37.4 Å². The Balaban J connectivity index is 3.87. The lowest BCUT2D eigenvalue weighted by Gasteiger charge is -2.14. The third-order valence-electron chi connectivity index (χ3n) is 1.26. The maximum Gasteiger partial charge on any atom is 0.203 e. The molecule has 0 aliphatic rings. The van der Waals surface area contributed by atoms with Crippen LogP contribution in [0.5, 0.6) is 0 Å². The summed E-state index contributed by atoms with van der Waals surface area (Å²) in [5.41, 5.74) is 0. The van der Waals surface area contributed by atoms with Crippen LogP contribution in [0.1, 0.15) is 13.3 Å². The third kappa shape index (κ3) is 2.81. The van der Waals surface area contributed by atoms with Crippen LogP contribution >= 0.6 is 0 Å². The molecule has 1 radical (unpaired) electrons. The van der Waals surface area contributed by atoms with Crippen molar-refractivity contribution in [2.24, 2.45) is 0 Å². The predicted molar refractivity (Wildman–Crippen MR) is 37.5 cm³/mol. The quantitative estimate of drug-likeness (QED) is 0.577. The summed E-state index contributed by atoms with van der Waals surface area (Å²) >= 11 is 0. The molecule has 0 heterocycles. The van der Waals surface area contributed by atoms with Gasteiger partial charge in [-0.2, -0.15) is 0 Å². The van der Waals surface area contributed by atoms with Crippen molar-refractivity contribution < 1.29 is 8.42 Å². The normalized spacial score (nSPS) is 14.8. The number of hydrogen-bond donors (Lipinski definition) is 1. The van der Waals surface area contributed by atoms with Gasteiger partial charge >= 0.3 is 0 Å². The number of thiol groups is 1. The Hall–Kier alpha value is -0.0900. The fourth-order valence-electron chi connectivity index (χ4n) is 0.398.